The molecule has 0 atom stereocenters. The molecule has 3 aromatic rings. The van der Waals surface area contributed by atoms with E-state index in [-0.39, 0.29) is 16.1 Å². The van der Waals surface area contributed by atoms with Crippen LogP contribution in [-0.4, -0.2) is 18.4 Å². The van der Waals surface area contributed by atoms with Crippen molar-refractivity contribution in [3.05, 3.63) is 94.0 Å². The molecule has 6 nitrogen and oxygen atoms in total. The van der Waals surface area contributed by atoms with Crippen molar-refractivity contribution in [3.8, 4) is 11.5 Å². The van der Waals surface area contributed by atoms with Gasteiger partial charge >= 0.3 is 0 Å². The minimum Gasteiger partial charge on any atom is -0.494 e. The number of rotatable bonds is 7. The van der Waals surface area contributed by atoms with E-state index in [0.29, 0.717) is 31.1 Å². The number of benzene rings is 3. The van der Waals surface area contributed by atoms with Crippen molar-refractivity contribution in [1.82, 2.24) is 10.9 Å². The van der Waals surface area contributed by atoms with Crippen LogP contribution >= 0.6 is 11.6 Å². The van der Waals surface area contributed by atoms with Crippen LogP contribution in [0.2, 0.25) is 5.02 Å². The fraction of sp³-hybridized carbons (Fsp3) is 0.130. The number of hydrazine groups is 1. The van der Waals surface area contributed by atoms with Gasteiger partial charge in [0.25, 0.3) is 11.8 Å². The number of halogens is 3. The molecule has 0 unspecified atom stereocenters. The number of nitrogens with one attached hydrogen (secondary N) is 2. The molecule has 0 radical (unpaired) electrons. The van der Waals surface area contributed by atoms with Crippen LogP contribution in [0.3, 0.4) is 0 Å². The topological polar surface area (TPSA) is 76.7 Å². The largest absolute Gasteiger partial charge is 0.494 e. The summed E-state index contributed by atoms with van der Waals surface area (Å²) in [6.07, 6.45) is 0. The van der Waals surface area contributed by atoms with Crippen LogP contribution in [-0.2, 0) is 6.61 Å². The predicted molar refractivity (Wildman–Crippen MR) is 115 cm³/mol. The second-order valence-electron chi connectivity index (χ2n) is 6.54. The van der Waals surface area contributed by atoms with Crippen LogP contribution in [0.4, 0.5) is 8.78 Å². The van der Waals surface area contributed by atoms with Crippen molar-refractivity contribution in [2.75, 3.05) is 6.61 Å². The quantitative estimate of drug-likeness (QED) is 0.397. The van der Waals surface area contributed by atoms with Gasteiger partial charge in [0.2, 0.25) is 0 Å². The molecule has 0 bridgehead atoms. The second-order valence-corrected chi connectivity index (χ2v) is 6.95. The first kappa shape index (κ1) is 23.0. The van der Waals surface area contributed by atoms with Gasteiger partial charge in [-0.3, -0.25) is 20.4 Å². The highest BCUT2D eigenvalue weighted by Crippen LogP contribution is 2.20. The van der Waals surface area contributed by atoms with Crippen LogP contribution < -0.4 is 20.3 Å². The molecule has 0 aliphatic heterocycles. The zero-order chi connectivity index (χ0) is 23.1. The van der Waals surface area contributed by atoms with Crippen molar-refractivity contribution >= 4 is 23.4 Å². The maximum atomic E-state index is 13.3. The molecule has 0 saturated carbocycles. The molecule has 0 fully saturated rings. The monoisotopic (exact) mass is 460 g/mol. The first-order chi connectivity index (χ1) is 15.4. The minimum absolute atomic E-state index is 0.270. The SMILES string of the molecule is CCOc1ccc(OCc2ccc(C(=O)NNC(=O)c3cc(F)c(F)cc3Cl)cc2)cc1. The zero-order valence-corrected chi connectivity index (χ0v) is 17.7. The van der Waals surface area contributed by atoms with E-state index in [0.717, 1.165) is 11.3 Å². The van der Waals surface area contributed by atoms with E-state index in [4.69, 9.17) is 21.1 Å². The third-order valence-electron chi connectivity index (χ3n) is 4.30. The maximum absolute atomic E-state index is 13.3. The molecule has 166 valence electrons. The lowest BCUT2D eigenvalue weighted by atomic mass is 10.1. The third-order valence-corrected chi connectivity index (χ3v) is 4.61. The summed E-state index contributed by atoms with van der Waals surface area (Å²) in [5.74, 6) is -2.46. The number of carbonyl (C=O) groups is 2. The molecule has 0 aromatic heterocycles. The number of ether oxygens (including phenoxy) is 2. The van der Waals surface area contributed by atoms with E-state index in [9.17, 15) is 18.4 Å². The number of amides is 2. The average Bonchev–Trinajstić information content (AvgIpc) is 2.79. The second kappa shape index (κ2) is 10.6. The van der Waals surface area contributed by atoms with Crippen LogP contribution in [0.25, 0.3) is 0 Å². The van der Waals surface area contributed by atoms with Crippen molar-refractivity contribution in [1.29, 1.82) is 0 Å². The van der Waals surface area contributed by atoms with E-state index in [1.165, 1.54) is 0 Å². The van der Waals surface area contributed by atoms with E-state index in [1.807, 2.05) is 19.1 Å². The Labute approximate surface area is 188 Å². The van der Waals surface area contributed by atoms with Crippen molar-refractivity contribution in [2.45, 2.75) is 13.5 Å². The van der Waals surface area contributed by atoms with Crippen LogP contribution in [0, 0.1) is 11.6 Å². The minimum atomic E-state index is -1.23. The standard InChI is InChI=1S/C23H19ClF2N2O4/c1-2-31-16-7-9-17(10-8-16)32-13-14-3-5-15(6-4-14)22(29)27-28-23(30)18-11-20(25)21(26)12-19(18)24/h3-12H,2,13H2,1H3,(H,27,29)(H,28,30). The summed E-state index contributed by atoms with van der Waals surface area (Å²) < 4.78 is 37.5. The Morgan fingerprint density at radius 2 is 1.41 bits per heavy atom. The summed E-state index contributed by atoms with van der Waals surface area (Å²) in [6, 6.07) is 15.1. The molecular formula is C23H19ClF2N2O4. The van der Waals surface area contributed by atoms with Gasteiger partial charge in [-0.05, 0) is 61.0 Å². The summed E-state index contributed by atoms with van der Waals surface area (Å²) in [7, 11) is 0. The molecule has 0 saturated heterocycles. The van der Waals surface area contributed by atoms with Gasteiger partial charge in [-0.15, -0.1) is 0 Å². The first-order valence-corrected chi connectivity index (χ1v) is 9.95. The molecule has 2 N–H and O–H groups in total. The highest BCUT2D eigenvalue weighted by molar-refractivity contribution is 6.33. The summed E-state index contributed by atoms with van der Waals surface area (Å²) in [5.41, 5.74) is 5.09. The highest BCUT2D eigenvalue weighted by Gasteiger charge is 2.16. The van der Waals surface area contributed by atoms with Gasteiger partial charge < -0.3 is 9.47 Å². The summed E-state index contributed by atoms with van der Waals surface area (Å²) in [6.45, 7) is 2.79. The lowest BCUT2D eigenvalue weighted by Gasteiger charge is -2.10. The Balaban J connectivity index is 1.52. The highest BCUT2D eigenvalue weighted by atomic mass is 35.5. The molecule has 3 aromatic carbocycles. The summed E-state index contributed by atoms with van der Waals surface area (Å²) in [5, 5.41) is -0.285. The predicted octanol–water partition coefficient (Wildman–Crippen LogP) is 4.67. The number of carbonyl (C=O) groups excluding carboxylic acids is 2. The first-order valence-electron chi connectivity index (χ1n) is 9.57. The molecule has 9 heteroatoms. The molecule has 0 aliphatic rings. The number of hydrogen-bond acceptors (Lipinski definition) is 4. The molecule has 0 spiro atoms. The van der Waals surface area contributed by atoms with Crippen molar-refractivity contribution in [3.63, 3.8) is 0 Å². The Morgan fingerprint density at radius 1 is 0.844 bits per heavy atom. The van der Waals surface area contributed by atoms with E-state index >= 15 is 0 Å². The van der Waals surface area contributed by atoms with E-state index in [2.05, 4.69) is 10.9 Å². The van der Waals surface area contributed by atoms with Gasteiger partial charge in [-0.1, -0.05) is 23.7 Å². The van der Waals surface area contributed by atoms with Crippen molar-refractivity contribution < 1.29 is 27.8 Å². The fourth-order valence-corrected chi connectivity index (χ4v) is 2.90. The van der Waals surface area contributed by atoms with E-state index in [1.54, 1.807) is 36.4 Å². The van der Waals surface area contributed by atoms with Gasteiger partial charge in [0, 0.05) is 5.56 Å². The van der Waals surface area contributed by atoms with Gasteiger partial charge in [0.05, 0.1) is 17.2 Å². The van der Waals surface area contributed by atoms with E-state index < -0.39 is 23.4 Å². The third kappa shape index (κ3) is 5.95. The Hall–Kier alpha value is -3.65. The van der Waals surface area contributed by atoms with Gasteiger partial charge in [-0.25, -0.2) is 8.78 Å². The van der Waals surface area contributed by atoms with Crippen LogP contribution in [0.1, 0.15) is 33.2 Å². The number of hydrogen-bond donors (Lipinski definition) is 2. The Bertz CT molecular complexity index is 1110. The zero-order valence-electron chi connectivity index (χ0n) is 17.0. The average molecular weight is 461 g/mol. The summed E-state index contributed by atoms with van der Waals surface area (Å²) in [4.78, 5) is 24.3. The Kier molecular flexibility index (Phi) is 7.62. The van der Waals surface area contributed by atoms with Crippen molar-refractivity contribution in [2.24, 2.45) is 0 Å². The molecule has 0 aliphatic carbocycles. The van der Waals surface area contributed by atoms with Gasteiger partial charge in [-0.2, -0.15) is 0 Å². The fourth-order valence-electron chi connectivity index (χ4n) is 2.67. The smallest absolute Gasteiger partial charge is 0.271 e. The summed E-state index contributed by atoms with van der Waals surface area (Å²) >= 11 is 5.74. The maximum Gasteiger partial charge on any atom is 0.271 e. The normalized spacial score (nSPS) is 10.4. The lowest BCUT2D eigenvalue weighted by molar-refractivity contribution is 0.0846. The Morgan fingerprint density at radius 3 is 2.03 bits per heavy atom. The van der Waals surface area contributed by atoms with Crippen LogP contribution in [0.15, 0.2) is 60.7 Å². The molecule has 0 heterocycles. The molecule has 32 heavy (non-hydrogen) atoms. The van der Waals surface area contributed by atoms with Crippen LogP contribution in [0.5, 0.6) is 11.5 Å². The lowest BCUT2D eigenvalue weighted by Crippen LogP contribution is -2.41. The molecule has 3 rings (SSSR count). The molecule has 2 amide bonds. The van der Waals surface area contributed by atoms with Gasteiger partial charge in [0.15, 0.2) is 11.6 Å². The molecular weight excluding hydrogens is 442 g/mol. The van der Waals surface area contributed by atoms with Gasteiger partial charge in [0.1, 0.15) is 18.1 Å².